The van der Waals surface area contributed by atoms with Crippen LogP contribution in [0.1, 0.15) is 36.8 Å². The fourth-order valence-corrected chi connectivity index (χ4v) is 1.90. The third kappa shape index (κ3) is 2.48. The lowest BCUT2D eigenvalue weighted by atomic mass is 9.90. The van der Waals surface area contributed by atoms with Crippen LogP contribution in [-0.4, -0.2) is 0 Å². The van der Waals surface area contributed by atoms with Crippen molar-refractivity contribution in [1.82, 2.24) is 0 Å². The molecule has 0 saturated heterocycles. The molecule has 0 aromatic heterocycles. The Morgan fingerprint density at radius 2 is 1.93 bits per heavy atom. The van der Waals surface area contributed by atoms with Gasteiger partial charge in [-0.3, -0.25) is 0 Å². The van der Waals surface area contributed by atoms with E-state index in [0.29, 0.717) is 5.92 Å². The maximum Gasteiger partial charge on any atom is 0.0178 e. The molecule has 1 unspecified atom stereocenters. The molecular weight excluding hydrogens is 236 g/mol. The third-order valence-corrected chi connectivity index (χ3v) is 2.85. The average molecular weight is 252 g/mol. The standard InChI is InChI=1S/C13H16Br/c1-5-10(4)13-8-11(14)6-7-12(13)9(2)3/h5-10H,1,4H2,2-3H3. The number of allylic oxidation sites excluding steroid dienone is 1. The van der Waals surface area contributed by atoms with Gasteiger partial charge in [-0.25, -0.2) is 0 Å². The quantitative estimate of drug-likeness (QED) is 0.685. The van der Waals surface area contributed by atoms with Gasteiger partial charge in [-0.2, -0.15) is 0 Å². The first-order chi connectivity index (χ1) is 6.56. The predicted octanol–water partition coefficient (Wildman–Crippen LogP) is 4.68. The van der Waals surface area contributed by atoms with Crippen LogP contribution >= 0.6 is 15.9 Å². The van der Waals surface area contributed by atoms with E-state index in [0.717, 1.165) is 4.47 Å². The molecule has 0 fully saturated rings. The molecule has 1 radical (unpaired) electrons. The van der Waals surface area contributed by atoms with Crippen LogP contribution in [-0.2, 0) is 0 Å². The Balaban J connectivity index is 3.22. The minimum Gasteiger partial charge on any atom is -0.102 e. The van der Waals surface area contributed by atoms with Crippen LogP contribution in [0.2, 0.25) is 0 Å². The SMILES string of the molecule is [CH2]C(C=C)c1cc(Br)ccc1C(C)C. The van der Waals surface area contributed by atoms with E-state index in [1.807, 2.05) is 6.08 Å². The van der Waals surface area contributed by atoms with Gasteiger partial charge in [0.15, 0.2) is 0 Å². The minimum absolute atomic E-state index is 0.171. The van der Waals surface area contributed by atoms with Gasteiger partial charge in [-0.1, -0.05) is 41.9 Å². The van der Waals surface area contributed by atoms with Gasteiger partial charge in [-0.05, 0) is 36.1 Å². The van der Waals surface area contributed by atoms with Gasteiger partial charge in [0.2, 0.25) is 0 Å². The van der Waals surface area contributed by atoms with Gasteiger partial charge in [0, 0.05) is 10.4 Å². The Labute approximate surface area is 95.2 Å². The highest BCUT2D eigenvalue weighted by Crippen LogP contribution is 2.29. The molecule has 0 aliphatic rings. The molecular formula is C13H16Br. The lowest BCUT2D eigenvalue weighted by Gasteiger charge is -2.16. The largest absolute Gasteiger partial charge is 0.102 e. The van der Waals surface area contributed by atoms with E-state index < -0.39 is 0 Å². The second kappa shape index (κ2) is 4.79. The summed E-state index contributed by atoms with van der Waals surface area (Å²) in [4.78, 5) is 0. The van der Waals surface area contributed by atoms with Crippen molar-refractivity contribution >= 4 is 15.9 Å². The molecule has 1 atom stereocenters. The maximum absolute atomic E-state index is 4.07. The van der Waals surface area contributed by atoms with Crippen molar-refractivity contribution in [3.05, 3.63) is 53.4 Å². The molecule has 0 amide bonds. The molecule has 0 bridgehead atoms. The summed E-state index contributed by atoms with van der Waals surface area (Å²) >= 11 is 3.48. The van der Waals surface area contributed by atoms with E-state index in [1.165, 1.54) is 11.1 Å². The normalized spacial score (nSPS) is 12.9. The molecule has 0 aliphatic heterocycles. The summed E-state index contributed by atoms with van der Waals surface area (Å²) in [6.45, 7) is 12.3. The van der Waals surface area contributed by atoms with Crippen molar-refractivity contribution in [2.45, 2.75) is 25.7 Å². The van der Waals surface area contributed by atoms with Crippen LogP contribution in [0.15, 0.2) is 35.3 Å². The van der Waals surface area contributed by atoms with Crippen molar-refractivity contribution in [3.8, 4) is 0 Å². The highest BCUT2D eigenvalue weighted by Gasteiger charge is 2.10. The second-order valence-electron chi connectivity index (χ2n) is 3.77. The predicted molar refractivity (Wildman–Crippen MR) is 66.5 cm³/mol. The first-order valence-electron chi connectivity index (χ1n) is 4.81. The molecule has 0 spiro atoms. The number of hydrogen-bond acceptors (Lipinski definition) is 0. The summed E-state index contributed by atoms with van der Waals surface area (Å²) in [6, 6.07) is 6.37. The van der Waals surface area contributed by atoms with Gasteiger partial charge in [0.05, 0.1) is 0 Å². The number of hydrogen-bond donors (Lipinski definition) is 0. The molecule has 0 saturated carbocycles. The molecule has 1 heteroatoms. The lowest BCUT2D eigenvalue weighted by Crippen LogP contribution is -1.99. The fourth-order valence-electron chi connectivity index (χ4n) is 1.52. The van der Waals surface area contributed by atoms with Crippen molar-refractivity contribution in [1.29, 1.82) is 0 Å². The van der Waals surface area contributed by atoms with E-state index in [2.05, 4.69) is 61.5 Å². The molecule has 0 heterocycles. The summed E-state index contributed by atoms with van der Waals surface area (Å²) in [6.07, 6.45) is 1.88. The fraction of sp³-hybridized carbons (Fsp3) is 0.308. The highest BCUT2D eigenvalue weighted by atomic mass is 79.9. The molecule has 1 rings (SSSR count). The molecule has 75 valence electrons. The van der Waals surface area contributed by atoms with Crippen LogP contribution in [0.5, 0.6) is 0 Å². The molecule has 14 heavy (non-hydrogen) atoms. The van der Waals surface area contributed by atoms with Gasteiger partial charge < -0.3 is 0 Å². The van der Waals surface area contributed by atoms with Gasteiger partial charge in [0.1, 0.15) is 0 Å². The van der Waals surface area contributed by atoms with E-state index >= 15 is 0 Å². The Morgan fingerprint density at radius 3 is 2.43 bits per heavy atom. The van der Waals surface area contributed by atoms with Crippen LogP contribution in [0.4, 0.5) is 0 Å². The summed E-state index contributed by atoms with van der Waals surface area (Å²) < 4.78 is 1.10. The smallest absolute Gasteiger partial charge is 0.0178 e. The van der Waals surface area contributed by atoms with Crippen LogP contribution in [0.3, 0.4) is 0 Å². The Morgan fingerprint density at radius 1 is 1.29 bits per heavy atom. The van der Waals surface area contributed by atoms with E-state index in [9.17, 15) is 0 Å². The Kier molecular flexibility index (Phi) is 3.94. The van der Waals surface area contributed by atoms with Crippen LogP contribution < -0.4 is 0 Å². The van der Waals surface area contributed by atoms with Crippen molar-refractivity contribution in [2.24, 2.45) is 0 Å². The molecule has 0 N–H and O–H groups in total. The highest BCUT2D eigenvalue weighted by molar-refractivity contribution is 9.10. The van der Waals surface area contributed by atoms with E-state index in [1.54, 1.807) is 0 Å². The van der Waals surface area contributed by atoms with Crippen molar-refractivity contribution < 1.29 is 0 Å². The first-order valence-corrected chi connectivity index (χ1v) is 5.60. The van der Waals surface area contributed by atoms with Crippen LogP contribution in [0, 0.1) is 6.92 Å². The van der Waals surface area contributed by atoms with Crippen molar-refractivity contribution in [2.75, 3.05) is 0 Å². The maximum atomic E-state index is 4.07. The van der Waals surface area contributed by atoms with E-state index in [-0.39, 0.29) is 5.92 Å². The molecule has 1 aromatic carbocycles. The monoisotopic (exact) mass is 251 g/mol. The van der Waals surface area contributed by atoms with Gasteiger partial charge in [0.25, 0.3) is 0 Å². The summed E-state index contributed by atoms with van der Waals surface area (Å²) in [5, 5.41) is 0. The first kappa shape index (κ1) is 11.5. The molecule has 0 aliphatic carbocycles. The Hall–Kier alpha value is -0.560. The molecule has 1 aromatic rings. The minimum atomic E-state index is 0.171. The zero-order chi connectivity index (χ0) is 10.7. The summed E-state index contributed by atoms with van der Waals surface area (Å²) in [5.41, 5.74) is 2.62. The number of rotatable bonds is 3. The zero-order valence-corrected chi connectivity index (χ0v) is 10.3. The third-order valence-electron chi connectivity index (χ3n) is 2.35. The van der Waals surface area contributed by atoms with Gasteiger partial charge >= 0.3 is 0 Å². The summed E-state index contributed by atoms with van der Waals surface area (Å²) in [5.74, 6) is 0.701. The number of halogens is 1. The van der Waals surface area contributed by atoms with Crippen molar-refractivity contribution in [3.63, 3.8) is 0 Å². The zero-order valence-electron chi connectivity index (χ0n) is 8.76. The van der Waals surface area contributed by atoms with Crippen LogP contribution in [0.25, 0.3) is 0 Å². The van der Waals surface area contributed by atoms with E-state index in [4.69, 9.17) is 0 Å². The lowest BCUT2D eigenvalue weighted by molar-refractivity contribution is 0.837. The topological polar surface area (TPSA) is 0 Å². The van der Waals surface area contributed by atoms with Gasteiger partial charge in [-0.15, -0.1) is 6.58 Å². The summed E-state index contributed by atoms with van der Waals surface area (Å²) in [7, 11) is 0. The molecule has 0 nitrogen and oxygen atoms in total. The second-order valence-corrected chi connectivity index (χ2v) is 4.69. The average Bonchev–Trinajstić information content (AvgIpc) is 2.16. The Bertz CT molecular complexity index is 326. The number of benzene rings is 1.